The van der Waals surface area contributed by atoms with Crippen LogP contribution in [0.1, 0.15) is 33.6 Å². The molecular weight excluding hydrogens is 418 g/mol. The van der Waals surface area contributed by atoms with Gasteiger partial charge in [-0.1, -0.05) is 48.0 Å². The number of aryl methyl sites for hydroxylation is 1. The van der Waals surface area contributed by atoms with Crippen molar-refractivity contribution in [2.45, 2.75) is 26.3 Å². The Balaban J connectivity index is 1.19. The summed E-state index contributed by atoms with van der Waals surface area (Å²) in [6, 6.07) is 18.2. The molecule has 0 saturated carbocycles. The molecule has 6 heteroatoms. The lowest BCUT2D eigenvalue weighted by Gasteiger charge is -2.32. The number of nitrogens with one attached hydrogen (secondary N) is 2. The molecule has 32 heavy (non-hydrogen) atoms. The number of likely N-dealkylation sites (tertiary alicyclic amines) is 1. The fraction of sp³-hybridized carbons (Fsp3) is 0.308. The van der Waals surface area contributed by atoms with E-state index in [1.807, 2.05) is 24.3 Å². The topological polar surface area (TPSA) is 65.2 Å². The molecule has 5 nitrogen and oxygen atoms in total. The van der Waals surface area contributed by atoms with Gasteiger partial charge in [-0.05, 0) is 56.5 Å². The highest BCUT2D eigenvalue weighted by Gasteiger charge is 2.21. The number of aromatic nitrogens is 1. The number of piperidine rings is 1. The minimum Gasteiger partial charge on any atom is -0.351 e. The minimum atomic E-state index is -0.144. The number of hydrogen-bond donors (Lipinski definition) is 2. The second-order valence-corrected chi connectivity index (χ2v) is 9.82. The zero-order valence-corrected chi connectivity index (χ0v) is 19.0. The van der Waals surface area contributed by atoms with Crippen molar-refractivity contribution < 1.29 is 4.79 Å². The second kappa shape index (κ2) is 8.88. The first-order chi connectivity index (χ1) is 15.6. The summed E-state index contributed by atoms with van der Waals surface area (Å²) in [5.74, 6) is 0.406. The molecule has 0 aliphatic carbocycles. The molecule has 3 heterocycles. The number of carbonyl (C=O) groups is 1. The number of para-hydroxylation sites is 1. The van der Waals surface area contributed by atoms with Gasteiger partial charge in [0.2, 0.25) is 0 Å². The van der Waals surface area contributed by atoms with Crippen LogP contribution in [0, 0.1) is 12.8 Å². The van der Waals surface area contributed by atoms with Crippen LogP contribution in [0.3, 0.4) is 0 Å². The molecule has 164 valence electrons. The van der Waals surface area contributed by atoms with Gasteiger partial charge >= 0.3 is 0 Å². The first kappa shape index (κ1) is 20.9. The van der Waals surface area contributed by atoms with Gasteiger partial charge in [0.15, 0.2) is 0 Å². The number of carbonyl (C=O) groups excluding carboxylic acids is 1. The monoisotopic (exact) mass is 445 g/mol. The first-order valence-electron chi connectivity index (χ1n) is 11.2. The van der Waals surface area contributed by atoms with E-state index >= 15 is 0 Å². The number of H-pyrrole nitrogens is 1. The van der Waals surface area contributed by atoms with E-state index in [1.54, 1.807) is 6.07 Å². The average molecular weight is 446 g/mol. The number of aromatic amines is 1. The Morgan fingerprint density at radius 3 is 2.72 bits per heavy atom. The normalized spacial score (nSPS) is 15.4. The number of hydrogen-bond acceptors (Lipinski definition) is 4. The fourth-order valence-corrected chi connectivity index (χ4v) is 5.70. The molecule has 2 N–H and O–H groups in total. The molecule has 1 fully saturated rings. The zero-order chi connectivity index (χ0) is 22.1. The van der Waals surface area contributed by atoms with E-state index in [2.05, 4.69) is 46.4 Å². The van der Waals surface area contributed by atoms with Crippen molar-refractivity contribution in [3.05, 3.63) is 81.0 Å². The summed E-state index contributed by atoms with van der Waals surface area (Å²) in [5, 5.41) is 4.68. The minimum absolute atomic E-state index is 0.0862. The van der Waals surface area contributed by atoms with Crippen LogP contribution in [0.25, 0.3) is 21.0 Å². The molecule has 1 saturated heterocycles. The molecule has 1 amide bonds. The quantitative estimate of drug-likeness (QED) is 0.468. The summed E-state index contributed by atoms with van der Waals surface area (Å²) in [5.41, 5.74) is 3.33. The summed E-state index contributed by atoms with van der Waals surface area (Å²) in [6.45, 7) is 5.92. The maximum Gasteiger partial charge on any atom is 0.261 e. The Hall–Kier alpha value is -2.96. The summed E-state index contributed by atoms with van der Waals surface area (Å²) in [6.07, 6.45) is 2.17. The first-order valence-corrected chi connectivity index (χ1v) is 12.0. The number of pyridine rings is 1. The summed E-state index contributed by atoms with van der Waals surface area (Å²) in [7, 11) is 0. The second-order valence-electron chi connectivity index (χ2n) is 8.77. The zero-order valence-electron chi connectivity index (χ0n) is 18.2. The maximum absolute atomic E-state index is 12.8. The Kier molecular flexibility index (Phi) is 5.81. The van der Waals surface area contributed by atoms with Gasteiger partial charge in [-0.25, -0.2) is 0 Å². The third-order valence-corrected chi connectivity index (χ3v) is 7.53. The molecule has 2 aromatic carbocycles. The molecule has 0 atom stereocenters. The van der Waals surface area contributed by atoms with Crippen LogP contribution in [0.4, 0.5) is 0 Å². The number of nitrogens with zero attached hydrogens (tertiary/aromatic N) is 1. The molecule has 5 rings (SSSR count). The average Bonchev–Trinajstić information content (AvgIpc) is 3.25. The van der Waals surface area contributed by atoms with Crippen molar-refractivity contribution in [1.29, 1.82) is 0 Å². The van der Waals surface area contributed by atoms with Gasteiger partial charge in [0, 0.05) is 28.7 Å². The van der Waals surface area contributed by atoms with Gasteiger partial charge in [0.05, 0.1) is 10.3 Å². The van der Waals surface area contributed by atoms with E-state index in [1.165, 1.54) is 22.5 Å². The number of rotatable bonds is 5. The van der Waals surface area contributed by atoms with Crippen molar-refractivity contribution in [2.24, 2.45) is 5.92 Å². The third-order valence-electron chi connectivity index (χ3n) is 6.37. The predicted molar refractivity (Wildman–Crippen MR) is 131 cm³/mol. The molecule has 0 spiro atoms. The molecular formula is C26H27N3O2S. The Morgan fingerprint density at radius 1 is 1.09 bits per heavy atom. The molecule has 1 aliphatic rings. The van der Waals surface area contributed by atoms with E-state index in [4.69, 9.17) is 0 Å². The molecule has 4 aromatic rings. The van der Waals surface area contributed by atoms with Crippen molar-refractivity contribution in [3.8, 4) is 0 Å². The van der Waals surface area contributed by atoms with Crippen LogP contribution < -0.4 is 10.9 Å². The molecule has 0 bridgehead atoms. The van der Waals surface area contributed by atoms with Gasteiger partial charge in [0.1, 0.15) is 0 Å². The lowest BCUT2D eigenvalue weighted by atomic mass is 9.96. The van der Waals surface area contributed by atoms with E-state index in [9.17, 15) is 9.59 Å². The van der Waals surface area contributed by atoms with Crippen molar-refractivity contribution >= 4 is 38.2 Å². The number of thiophene rings is 1. The standard InChI is InChI=1S/C26H27N3O2S/c1-17-5-4-6-19(13-17)16-29-11-9-18(10-12-29)15-27-26(31)23-14-21-24(32-23)20-7-2-3-8-22(20)28-25(21)30/h2-8,13-14,18H,9-12,15-16H2,1H3,(H,27,31)(H,28,30). The highest BCUT2D eigenvalue weighted by atomic mass is 32.1. The van der Waals surface area contributed by atoms with E-state index in [-0.39, 0.29) is 11.5 Å². The predicted octanol–water partition coefficient (Wildman–Crippen LogP) is 4.69. The third kappa shape index (κ3) is 4.33. The van der Waals surface area contributed by atoms with E-state index in [0.29, 0.717) is 22.7 Å². The van der Waals surface area contributed by atoms with Crippen molar-refractivity contribution in [1.82, 2.24) is 15.2 Å². The van der Waals surface area contributed by atoms with E-state index in [0.717, 1.165) is 48.1 Å². The van der Waals surface area contributed by atoms with Crippen molar-refractivity contribution in [3.63, 3.8) is 0 Å². The summed E-state index contributed by atoms with van der Waals surface area (Å²) in [4.78, 5) is 31.2. The van der Waals surface area contributed by atoms with Gasteiger partial charge in [-0.2, -0.15) is 0 Å². The van der Waals surface area contributed by atoms with Crippen LogP contribution in [-0.4, -0.2) is 35.4 Å². The highest BCUT2D eigenvalue weighted by Crippen LogP contribution is 2.29. The van der Waals surface area contributed by atoms with Crippen LogP contribution in [0.15, 0.2) is 59.4 Å². The lowest BCUT2D eigenvalue weighted by molar-refractivity contribution is 0.0939. The van der Waals surface area contributed by atoms with Gasteiger partial charge in [-0.3, -0.25) is 14.5 Å². The Labute approximate surface area is 191 Å². The van der Waals surface area contributed by atoms with Gasteiger partial charge in [0.25, 0.3) is 11.5 Å². The number of benzene rings is 2. The molecule has 1 aliphatic heterocycles. The lowest BCUT2D eigenvalue weighted by Crippen LogP contribution is -2.38. The fourth-order valence-electron chi connectivity index (χ4n) is 4.59. The van der Waals surface area contributed by atoms with Crippen molar-refractivity contribution in [2.75, 3.05) is 19.6 Å². The molecule has 0 unspecified atom stereocenters. The smallest absolute Gasteiger partial charge is 0.261 e. The molecule has 0 radical (unpaired) electrons. The summed E-state index contributed by atoms with van der Waals surface area (Å²) >= 11 is 1.40. The number of amides is 1. The Bertz CT molecular complexity index is 1330. The maximum atomic E-state index is 12.8. The largest absolute Gasteiger partial charge is 0.351 e. The summed E-state index contributed by atoms with van der Waals surface area (Å²) < 4.78 is 0.874. The highest BCUT2D eigenvalue weighted by molar-refractivity contribution is 7.21. The Morgan fingerprint density at radius 2 is 1.91 bits per heavy atom. The van der Waals surface area contributed by atoms with Crippen LogP contribution in [0.5, 0.6) is 0 Å². The van der Waals surface area contributed by atoms with Crippen LogP contribution >= 0.6 is 11.3 Å². The van der Waals surface area contributed by atoms with E-state index < -0.39 is 0 Å². The number of fused-ring (bicyclic) bond motifs is 3. The SMILES string of the molecule is Cc1cccc(CN2CCC(CNC(=O)c3cc4c(=O)[nH]c5ccccc5c4s3)CC2)c1. The van der Waals surface area contributed by atoms with Gasteiger partial charge in [-0.15, -0.1) is 11.3 Å². The van der Waals surface area contributed by atoms with Crippen LogP contribution in [0.2, 0.25) is 0 Å². The van der Waals surface area contributed by atoms with Crippen LogP contribution in [-0.2, 0) is 6.54 Å². The van der Waals surface area contributed by atoms with Gasteiger partial charge < -0.3 is 10.3 Å². The molecule has 2 aromatic heterocycles.